The number of carbonyl (C=O) groups excluding carboxylic acids is 1. The molecule has 0 aromatic heterocycles. The van der Waals surface area contributed by atoms with Gasteiger partial charge in [-0.05, 0) is 49.1 Å². The zero-order valence-electron chi connectivity index (χ0n) is 16.7. The van der Waals surface area contributed by atoms with Crippen LogP contribution >= 0.6 is 7.60 Å². The molecular weight excluding hydrogens is 355 g/mol. The van der Waals surface area contributed by atoms with Crippen LogP contribution < -0.4 is 4.74 Å². The van der Waals surface area contributed by atoms with Gasteiger partial charge in [-0.15, -0.1) is 0 Å². The lowest BCUT2D eigenvalue weighted by Crippen LogP contribution is -2.31. The standard InChI is InChI=1S/C19H29O6P/c1-18(2,3)14-11-13(17(21)15(12-14)23-6)9-10-16(20)19(4,5)26(22,24-7)25-8/h9-12,21H,1-8H3/b10-9+. The lowest BCUT2D eigenvalue weighted by Gasteiger charge is -2.28. The SMILES string of the molecule is COc1cc(C(C)(C)C)cc(/C=C/C(=O)C(C)(C)P(=O)(OC)OC)c1O. The molecule has 1 N–H and O–H groups in total. The maximum absolute atomic E-state index is 12.6. The molecule has 0 radical (unpaired) electrons. The van der Waals surface area contributed by atoms with Gasteiger partial charge >= 0.3 is 7.60 Å². The van der Waals surface area contributed by atoms with Crippen LogP contribution in [0.15, 0.2) is 18.2 Å². The average Bonchev–Trinajstić information content (AvgIpc) is 2.58. The highest BCUT2D eigenvalue weighted by atomic mass is 31.2. The van der Waals surface area contributed by atoms with E-state index < -0.39 is 18.5 Å². The molecule has 0 saturated heterocycles. The zero-order valence-corrected chi connectivity index (χ0v) is 17.6. The van der Waals surface area contributed by atoms with Gasteiger partial charge in [0.05, 0.1) is 7.11 Å². The number of allylic oxidation sites excluding steroid dienone is 1. The highest BCUT2D eigenvalue weighted by molar-refractivity contribution is 7.56. The number of benzene rings is 1. The first-order valence-corrected chi connectivity index (χ1v) is 9.74. The van der Waals surface area contributed by atoms with Crippen LogP contribution in [-0.2, 0) is 23.8 Å². The first-order valence-electron chi connectivity index (χ1n) is 8.19. The van der Waals surface area contributed by atoms with E-state index in [0.29, 0.717) is 11.3 Å². The zero-order chi connectivity index (χ0) is 20.3. The molecule has 0 aliphatic rings. The summed E-state index contributed by atoms with van der Waals surface area (Å²) in [6.45, 7) is 9.11. The summed E-state index contributed by atoms with van der Waals surface area (Å²) in [6, 6.07) is 3.56. The monoisotopic (exact) mass is 384 g/mol. The molecule has 1 aromatic rings. The first kappa shape index (κ1) is 22.4. The van der Waals surface area contributed by atoms with E-state index in [9.17, 15) is 14.5 Å². The van der Waals surface area contributed by atoms with Crippen LogP contribution in [0.3, 0.4) is 0 Å². The van der Waals surface area contributed by atoms with Gasteiger partial charge in [-0.1, -0.05) is 20.8 Å². The van der Waals surface area contributed by atoms with Crippen molar-refractivity contribution in [3.05, 3.63) is 29.3 Å². The van der Waals surface area contributed by atoms with Crippen LogP contribution in [0.4, 0.5) is 0 Å². The number of phenols is 1. The molecule has 7 heteroatoms. The van der Waals surface area contributed by atoms with Crippen molar-refractivity contribution >= 4 is 19.5 Å². The maximum Gasteiger partial charge on any atom is 0.343 e. The number of aromatic hydroxyl groups is 1. The lowest BCUT2D eigenvalue weighted by atomic mass is 9.85. The summed E-state index contributed by atoms with van der Waals surface area (Å²) in [5.74, 6) is -0.184. The summed E-state index contributed by atoms with van der Waals surface area (Å²) in [6.07, 6.45) is 2.75. The Morgan fingerprint density at radius 3 is 2.04 bits per heavy atom. The molecule has 0 saturated carbocycles. The maximum atomic E-state index is 12.6. The molecule has 0 fully saturated rings. The van der Waals surface area contributed by atoms with Crippen LogP contribution in [0, 0.1) is 0 Å². The van der Waals surface area contributed by atoms with E-state index in [1.54, 1.807) is 12.1 Å². The van der Waals surface area contributed by atoms with E-state index in [-0.39, 0.29) is 11.2 Å². The van der Waals surface area contributed by atoms with E-state index in [0.717, 1.165) is 5.56 Å². The molecule has 0 spiro atoms. The van der Waals surface area contributed by atoms with Gasteiger partial charge in [0.15, 0.2) is 17.3 Å². The van der Waals surface area contributed by atoms with Crippen molar-refractivity contribution in [2.45, 2.75) is 45.2 Å². The van der Waals surface area contributed by atoms with Crippen LogP contribution in [0.1, 0.15) is 45.7 Å². The van der Waals surface area contributed by atoms with Crippen molar-refractivity contribution in [2.75, 3.05) is 21.3 Å². The Hall–Kier alpha value is -1.62. The number of phenolic OH excluding ortho intramolecular Hbond substituents is 1. The molecule has 0 bridgehead atoms. The number of ketones is 1. The normalized spacial score (nSPS) is 13.2. The third kappa shape index (κ3) is 4.37. The summed E-state index contributed by atoms with van der Waals surface area (Å²) >= 11 is 0. The number of carbonyl (C=O) groups is 1. The second kappa shape index (κ2) is 7.95. The molecule has 0 unspecified atom stereocenters. The van der Waals surface area contributed by atoms with E-state index in [2.05, 4.69) is 0 Å². The van der Waals surface area contributed by atoms with Crippen molar-refractivity contribution in [2.24, 2.45) is 0 Å². The molecule has 0 amide bonds. The molecule has 0 heterocycles. The molecule has 146 valence electrons. The lowest BCUT2D eigenvalue weighted by molar-refractivity contribution is -0.116. The van der Waals surface area contributed by atoms with Crippen LogP contribution in [0.5, 0.6) is 11.5 Å². The number of hydrogen-bond donors (Lipinski definition) is 1. The Kier molecular flexibility index (Phi) is 6.86. The smallest absolute Gasteiger partial charge is 0.343 e. The molecule has 1 aromatic carbocycles. The predicted octanol–water partition coefficient (Wildman–Crippen LogP) is 4.55. The first-order chi connectivity index (χ1) is 11.8. The van der Waals surface area contributed by atoms with Crippen molar-refractivity contribution in [1.29, 1.82) is 0 Å². The summed E-state index contributed by atoms with van der Waals surface area (Å²) in [4.78, 5) is 12.6. The van der Waals surface area contributed by atoms with E-state index in [1.165, 1.54) is 47.3 Å². The fourth-order valence-corrected chi connectivity index (χ4v) is 3.79. The third-order valence-electron chi connectivity index (χ3n) is 4.37. The third-order valence-corrected chi connectivity index (χ3v) is 6.92. The van der Waals surface area contributed by atoms with Crippen LogP contribution in [0.2, 0.25) is 0 Å². The second-order valence-corrected chi connectivity index (χ2v) is 10.3. The number of hydrogen-bond acceptors (Lipinski definition) is 6. The van der Waals surface area contributed by atoms with Gasteiger partial charge in [-0.3, -0.25) is 9.36 Å². The minimum Gasteiger partial charge on any atom is -0.504 e. The molecule has 0 atom stereocenters. The summed E-state index contributed by atoms with van der Waals surface area (Å²) in [5, 5.41) is 8.99. The second-order valence-electron chi connectivity index (χ2n) is 7.49. The van der Waals surface area contributed by atoms with E-state index in [4.69, 9.17) is 13.8 Å². The van der Waals surface area contributed by atoms with Crippen molar-refractivity contribution < 1.29 is 28.3 Å². The van der Waals surface area contributed by atoms with Crippen LogP contribution in [-0.4, -0.2) is 37.4 Å². The summed E-state index contributed by atoms with van der Waals surface area (Å²) in [7, 11) is 0.341. The number of ether oxygens (including phenoxy) is 1. The van der Waals surface area contributed by atoms with Gasteiger partial charge in [0.1, 0.15) is 5.16 Å². The van der Waals surface area contributed by atoms with Gasteiger partial charge in [-0.2, -0.15) is 0 Å². The number of methoxy groups -OCH3 is 1. The van der Waals surface area contributed by atoms with E-state index in [1.807, 2.05) is 20.8 Å². The predicted molar refractivity (Wildman–Crippen MR) is 103 cm³/mol. The summed E-state index contributed by atoms with van der Waals surface area (Å²) < 4.78 is 27.8. The molecular formula is C19H29O6P. The van der Waals surface area contributed by atoms with Gasteiger partial charge in [0.2, 0.25) is 0 Å². The van der Waals surface area contributed by atoms with Gasteiger partial charge in [0.25, 0.3) is 0 Å². The molecule has 6 nitrogen and oxygen atoms in total. The quantitative estimate of drug-likeness (QED) is 0.549. The number of rotatable bonds is 7. The molecule has 26 heavy (non-hydrogen) atoms. The van der Waals surface area contributed by atoms with Crippen molar-refractivity contribution in [3.63, 3.8) is 0 Å². The fraction of sp³-hybridized carbons (Fsp3) is 0.526. The Morgan fingerprint density at radius 2 is 1.62 bits per heavy atom. The Balaban J connectivity index is 3.34. The van der Waals surface area contributed by atoms with Crippen molar-refractivity contribution in [1.82, 2.24) is 0 Å². The largest absolute Gasteiger partial charge is 0.504 e. The molecule has 0 aliphatic heterocycles. The van der Waals surface area contributed by atoms with Crippen LogP contribution in [0.25, 0.3) is 6.08 Å². The molecule has 1 rings (SSSR count). The topological polar surface area (TPSA) is 82.1 Å². The average molecular weight is 384 g/mol. The Bertz CT molecular complexity index is 735. The molecule has 0 aliphatic carbocycles. The highest BCUT2D eigenvalue weighted by Crippen LogP contribution is 2.59. The van der Waals surface area contributed by atoms with Gasteiger partial charge in [0, 0.05) is 19.8 Å². The summed E-state index contributed by atoms with van der Waals surface area (Å²) in [5.41, 5.74) is 1.20. The Morgan fingerprint density at radius 1 is 1.08 bits per heavy atom. The van der Waals surface area contributed by atoms with Gasteiger partial charge < -0.3 is 18.9 Å². The van der Waals surface area contributed by atoms with Gasteiger partial charge in [-0.25, -0.2) is 0 Å². The van der Waals surface area contributed by atoms with Crippen molar-refractivity contribution in [3.8, 4) is 11.5 Å². The fourth-order valence-electron chi connectivity index (χ4n) is 2.38. The highest BCUT2D eigenvalue weighted by Gasteiger charge is 2.47. The minimum absolute atomic E-state index is 0.0657. The Labute approximate surface area is 155 Å². The minimum atomic E-state index is -3.61. The van der Waals surface area contributed by atoms with E-state index >= 15 is 0 Å².